The van der Waals surface area contributed by atoms with Crippen LogP contribution in [-0.2, 0) is 9.53 Å². The molecule has 1 atom stereocenters. The molecular weight excluding hydrogens is 306 g/mol. The molecule has 1 N–H and O–H groups in total. The molecule has 0 bridgehead atoms. The first-order valence-electron chi connectivity index (χ1n) is 7.99. The summed E-state index contributed by atoms with van der Waals surface area (Å²) in [7, 11) is 0. The third-order valence-corrected chi connectivity index (χ3v) is 4.07. The SMILES string of the molecule is O=C(O[C@@H](C(=O)N1CCCC1)c1ccccc1)c1ccc(O)cc1. The molecule has 1 amide bonds. The van der Waals surface area contributed by atoms with E-state index in [1.165, 1.54) is 24.3 Å². The van der Waals surface area contributed by atoms with Crippen molar-refractivity contribution < 1.29 is 19.4 Å². The minimum Gasteiger partial charge on any atom is -0.508 e. The van der Waals surface area contributed by atoms with Gasteiger partial charge in [-0.05, 0) is 37.1 Å². The van der Waals surface area contributed by atoms with Crippen molar-refractivity contribution in [3.63, 3.8) is 0 Å². The average molecular weight is 325 g/mol. The number of phenolic OH excluding ortho intramolecular Hbond substituents is 1. The fourth-order valence-corrected chi connectivity index (χ4v) is 2.76. The van der Waals surface area contributed by atoms with E-state index in [1.807, 2.05) is 18.2 Å². The van der Waals surface area contributed by atoms with E-state index in [0.29, 0.717) is 24.2 Å². The maximum Gasteiger partial charge on any atom is 0.339 e. The average Bonchev–Trinajstić information content (AvgIpc) is 3.15. The summed E-state index contributed by atoms with van der Waals surface area (Å²) in [5.41, 5.74) is 0.949. The Morgan fingerprint density at radius 2 is 1.58 bits per heavy atom. The smallest absolute Gasteiger partial charge is 0.339 e. The molecule has 0 radical (unpaired) electrons. The highest BCUT2D eigenvalue weighted by Gasteiger charge is 2.31. The van der Waals surface area contributed by atoms with Crippen LogP contribution in [-0.4, -0.2) is 35.0 Å². The quantitative estimate of drug-likeness (QED) is 0.878. The lowest BCUT2D eigenvalue weighted by Gasteiger charge is -2.23. The van der Waals surface area contributed by atoms with Gasteiger partial charge in [-0.1, -0.05) is 30.3 Å². The minimum absolute atomic E-state index is 0.0688. The number of ether oxygens (including phenoxy) is 1. The van der Waals surface area contributed by atoms with E-state index in [-0.39, 0.29) is 11.7 Å². The maximum absolute atomic E-state index is 12.8. The van der Waals surface area contributed by atoms with Gasteiger partial charge in [-0.25, -0.2) is 4.79 Å². The van der Waals surface area contributed by atoms with E-state index in [4.69, 9.17) is 4.74 Å². The topological polar surface area (TPSA) is 66.8 Å². The van der Waals surface area contributed by atoms with Crippen molar-refractivity contribution in [2.45, 2.75) is 18.9 Å². The van der Waals surface area contributed by atoms with Crippen LogP contribution in [0.2, 0.25) is 0 Å². The van der Waals surface area contributed by atoms with Gasteiger partial charge in [0.25, 0.3) is 5.91 Å². The Morgan fingerprint density at radius 1 is 0.958 bits per heavy atom. The van der Waals surface area contributed by atoms with Gasteiger partial charge in [0.15, 0.2) is 0 Å². The molecule has 0 spiro atoms. The van der Waals surface area contributed by atoms with Gasteiger partial charge in [0.05, 0.1) is 5.56 Å². The van der Waals surface area contributed by atoms with Crippen molar-refractivity contribution in [1.29, 1.82) is 0 Å². The van der Waals surface area contributed by atoms with Gasteiger partial charge in [0.1, 0.15) is 5.75 Å². The van der Waals surface area contributed by atoms with E-state index in [1.54, 1.807) is 17.0 Å². The van der Waals surface area contributed by atoms with Crippen LogP contribution in [0.1, 0.15) is 34.9 Å². The highest BCUT2D eigenvalue weighted by atomic mass is 16.5. The predicted octanol–water partition coefficient (Wildman–Crippen LogP) is 2.91. The highest BCUT2D eigenvalue weighted by molar-refractivity contribution is 5.92. The summed E-state index contributed by atoms with van der Waals surface area (Å²) in [6.45, 7) is 1.39. The normalized spacial score (nSPS) is 15.1. The predicted molar refractivity (Wildman–Crippen MR) is 88.5 cm³/mol. The summed E-state index contributed by atoms with van der Waals surface area (Å²) in [5, 5.41) is 9.32. The van der Waals surface area contributed by atoms with Gasteiger partial charge in [-0.2, -0.15) is 0 Å². The second-order valence-electron chi connectivity index (χ2n) is 5.78. The number of hydrogen-bond acceptors (Lipinski definition) is 4. The second kappa shape index (κ2) is 7.17. The van der Waals surface area contributed by atoms with Crippen LogP contribution in [0, 0.1) is 0 Å². The molecule has 0 unspecified atom stereocenters. The third kappa shape index (κ3) is 3.56. The lowest BCUT2D eigenvalue weighted by atomic mass is 10.1. The molecule has 1 aliphatic heterocycles. The first-order chi connectivity index (χ1) is 11.6. The van der Waals surface area contributed by atoms with E-state index in [2.05, 4.69) is 0 Å². The third-order valence-electron chi connectivity index (χ3n) is 4.07. The van der Waals surface area contributed by atoms with Gasteiger partial charge in [-0.15, -0.1) is 0 Å². The number of hydrogen-bond donors (Lipinski definition) is 1. The Balaban J connectivity index is 1.83. The van der Waals surface area contributed by atoms with Crippen LogP contribution >= 0.6 is 0 Å². The Bertz CT molecular complexity index is 706. The number of likely N-dealkylation sites (tertiary alicyclic amines) is 1. The van der Waals surface area contributed by atoms with Crippen LogP contribution in [0.15, 0.2) is 54.6 Å². The van der Waals surface area contributed by atoms with Crippen LogP contribution in [0.25, 0.3) is 0 Å². The van der Waals surface area contributed by atoms with Crippen molar-refractivity contribution >= 4 is 11.9 Å². The minimum atomic E-state index is -0.953. The summed E-state index contributed by atoms with van der Waals surface area (Å²) >= 11 is 0. The zero-order valence-corrected chi connectivity index (χ0v) is 13.2. The lowest BCUT2D eigenvalue weighted by molar-refractivity contribution is -0.140. The summed E-state index contributed by atoms with van der Waals surface area (Å²) in [5.74, 6) is -0.707. The molecule has 24 heavy (non-hydrogen) atoms. The van der Waals surface area contributed by atoms with Crippen molar-refractivity contribution in [2.24, 2.45) is 0 Å². The van der Waals surface area contributed by atoms with Gasteiger partial charge in [0.2, 0.25) is 6.10 Å². The summed E-state index contributed by atoms with van der Waals surface area (Å²) in [6.07, 6.45) is 0.990. The number of esters is 1. The summed E-state index contributed by atoms with van der Waals surface area (Å²) in [4.78, 5) is 26.9. The molecule has 0 aliphatic carbocycles. The van der Waals surface area contributed by atoms with E-state index >= 15 is 0 Å². The Morgan fingerprint density at radius 3 is 2.21 bits per heavy atom. The number of carbonyl (C=O) groups is 2. The molecule has 1 fully saturated rings. The zero-order valence-electron chi connectivity index (χ0n) is 13.2. The largest absolute Gasteiger partial charge is 0.508 e. The van der Waals surface area contributed by atoms with Crippen LogP contribution in [0.4, 0.5) is 0 Å². The lowest BCUT2D eigenvalue weighted by Crippen LogP contribution is -2.34. The molecule has 124 valence electrons. The number of rotatable bonds is 4. The number of nitrogens with zero attached hydrogens (tertiary/aromatic N) is 1. The summed E-state index contributed by atoms with van der Waals surface area (Å²) in [6, 6.07) is 14.8. The fourth-order valence-electron chi connectivity index (χ4n) is 2.76. The molecule has 2 aromatic carbocycles. The van der Waals surface area contributed by atoms with E-state index < -0.39 is 12.1 Å². The number of amides is 1. The molecular formula is C19H19NO4. The summed E-state index contributed by atoms with van der Waals surface area (Å²) < 4.78 is 5.52. The molecule has 0 aromatic heterocycles. The van der Waals surface area contributed by atoms with Gasteiger partial charge >= 0.3 is 5.97 Å². The Kier molecular flexibility index (Phi) is 4.79. The van der Waals surface area contributed by atoms with Crippen molar-refractivity contribution in [3.8, 4) is 5.75 Å². The maximum atomic E-state index is 12.8. The molecule has 1 aliphatic rings. The van der Waals surface area contributed by atoms with Gasteiger partial charge in [0, 0.05) is 18.7 Å². The molecule has 5 nitrogen and oxygen atoms in total. The number of aromatic hydroxyl groups is 1. The van der Waals surface area contributed by atoms with Crippen molar-refractivity contribution in [2.75, 3.05) is 13.1 Å². The molecule has 1 saturated heterocycles. The number of carbonyl (C=O) groups excluding carboxylic acids is 2. The van der Waals surface area contributed by atoms with Crippen molar-refractivity contribution in [3.05, 3.63) is 65.7 Å². The zero-order chi connectivity index (χ0) is 16.9. The van der Waals surface area contributed by atoms with Crippen LogP contribution in [0.3, 0.4) is 0 Å². The van der Waals surface area contributed by atoms with E-state index in [0.717, 1.165) is 12.8 Å². The molecule has 1 heterocycles. The molecule has 2 aromatic rings. The molecule has 0 saturated carbocycles. The van der Waals surface area contributed by atoms with Crippen molar-refractivity contribution in [1.82, 2.24) is 4.90 Å². The van der Waals surface area contributed by atoms with Gasteiger partial charge < -0.3 is 14.7 Å². The first-order valence-corrected chi connectivity index (χ1v) is 7.99. The number of phenols is 1. The Hall–Kier alpha value is -2.82. The molecule has 3 rings (SSSR count). The Labute approximate surface area is 140 Å². The first kappa shape index (κ1) is 16.1. The monoisotopic (exact) mass is 325 g/mol. The standard InChI is InChI=1S/C19H19NO4/c21-16-10-8-15(9-11-16)19(23)24-17(14-6-2-1-3-7-14)18(22)20-12-4-5-13-20/h1-3,6-11,17,21H,4-5,12-13H2/t17-/m1/s1. The van der Waals surface area contributed by atoms with E-state index in [9.17, 15) is 14.7 Å². The highest BCUT2D eigenvalue weighted by Crippen LogP contribution is 2.24. The van der Waals surface area contributed by atoms with Crippen LogP contribution in [0.5, 0.6) is 5.75 Å². The van der Waals surface area contributed by atoms with Gasteiger partial charge in [-0.3, -0.25) is 4.79 Å². The number of benzene rings is 2. The second-order valence-corrected chi connectivity index (χ2v) is 5.78. The molecule has 5 heteroatoms. The van der Waals surface area contributed by atoms with Crippen LogP contribution < -0.4 is 0 Å². The fraction of sp³-hybridized carbons (Fsp3) is 0.263.